The lowest BCUT2D eigenvalue weighted by Gasteiger charge is -2.04. The Morgan fingerprint density at radius 3 is 2.05 bits per heavy atom. The molecule has 3 nitrogen and oxygen atoms in total. The van der Waals surface area contributed by atoms with Crippen molar-refractivity contribution in [3.63, 3.8) is 0 Å². The third-order valence-corrected chi connectivity index (χ3v) is 3.54. The van der Waals surface area contributed by atoms with E-state index in [1.54, 1.807) is 0 Å². The largest absolute Gasteiger partial charge is 0.356 e. The molecule has 3 heteroatoms. The average molecular weight is 282 g/mol. The molecule has 1 amide bonds. The third kappa shape index (κ3) is 15.2. The monoisotopic (exact) mass is 282 g/mol. The van der Waals surface area contributed by atoms with Crippen molar-refractivity contribution in [3.05, 3.63) is 0 Å². The number of hydrogen-bond acceptors (Lipinski definition) is 2. The van der Waals surface area contributed by atoms with E-state index in [1.807, 2.05) is 6.29 Å². The molecule has 20 heavy (non-hydrogen) atoms. The van der Waals surface area contributed by atoms with Crippen LogP contribution in [0.2, 0.25) is 0 Å². The Morgan fingerprint density at radius 2 is 1.45 bits per heavy atom. The second-order valence-corrected chi connectivity index (χ2v) is 5.53. The van der Waals surface area contributed by atoms with Crippen LogP contribution in [0.4, 0.5) is 0 Å². The fourth-order valence-corrected chi connectivity index (χ4v) is 2.23. The van der Waals surface area contributed by atoms with E-state index >= 15 is 0 Å². The van der Waals surface area contributed by atoms with Crippen LogP contribution >= 0.6 is 0 Å². The second-order valence-electron chi connectivity index (χ2n) is 5.53. The molecule has 0 aliphatic rings. The standard InChI is InChI=1S/C17H32NO2/c1-2-3-4-5-6-7-8-9-11-14-17(20)18-15-12-10-13-16-19/h2-15H2,1H3,(H,18,20). The van der Waals surface area contributed by atoms with Crippen molar-refractivity contribution < 1.29 is 9.59 Å². The first-order valence-corrected chi connectivity index (χ1v) is 8.43. The van der Waals surface area contributed by atoms with Gasteiger partial charge in [0.25, 0.3) is 0 Å². The van der Waals surface area contributed by atoms with Gasteiger partial charge in [-0.25, -0.2) is 0 Å². The zero-order chi connectivity index (χ0) is 14.9. The van der Waals surface area contributed by atoms with Gasteiger partial charge in [0.2, 0.25) is 5.91 Å². The van der Waals surface area contributed by atoms with Crippen LogP contribution < -0.4 is 5.32 Å². The summed E-state index contributed by atoms with van der Waals surface area (Å²) < 4.78 is 0. The van der Waals surface area contributed by atoms with Crippen LogP contribution in [0.15, 0.2) is 0 Å². The predicted molar refractivity (Wildman–Crippen MR) is 84.4 cm³/mol. The van der Waals surface area contributed by atoms with Crippen molar-refractivity contribution in [2.45, 2.75) is 90.4 Å². The number of nitrogens with one attached hydrogen (secondary N) is 1. The van der Waals surface area contributed by atoms with E-state index < -0.39 is 0 Å². The fourth-order valence-electron chi connectivity index (χ4n) is 2.23. The molecule has 0 aliphatic heterocycles. The normalized spacial score (nSPS) is 10.4. The fraction of sp³-hybridized carbons (Fsp3) is 0.882. The zero-order valence-electron chi connectivity index (χ0n) is 13.2. The molecule has 0 aromatic rings. The Hall–Kier alpha value is -0.860. The van der Waals surface area contributed by atoms with Crippen molar-refractivity contribution in [3.8, 4) is 0 Å². The van der Waals surface area contributed by atoms with E-state index in [1.165, 1.54) is 51.4 Å². The van der Waals surface area contributed by atoms with Gasteiger partial charge >= 0.3 is 0 Å². The third-order valence-electron chi connectivity index (χ3n) is 3.54. The highest BCUT2D eigenvalue weighted by atomic mass is 16.1. The molecule has 0 spiro atoms. The van der Waals surface area contributed by atoms with Crippen molar-refractivity contribution in [2.24, 2.45) is 0 Å². The summed E-state index contributed by atoms with van der Waals surface area (Å²) in [4.78, 5) is 21.5. The predicted octanol–water partition coefficient (Wildman–Crippen LogP) is 4.30. The van der Waals surface area contributed by atoms with Gasteiger partial charge in [0, 0.05) is 19.4 Å². The molecule has 0 aromatic carbocycles. The molecular formula is C17H32NO2. The number of carbonyl (C=O) groups is 1. The van der Waals surface area contributed by atoms with Crippen molar-refractivity contribution >= 4 is 12.2 Å². The van der Waals surface area contributed by atoms with Gasteiger partial charge < -0.3 is 5.32 Å². The molecular weight excluding hydrogens is 250 g/mol. The summed E-state index contributed by atoms with van der Waals surface area (Å²) >= 11 is 0. The Bertz CT molecular complexity index is 229. The topological polar surface area (TPSA) is 46.2 Å². The van der Waals surface area contributed by atoms with E-state index in [0.29, 0.717) is 19.4 Å². The van der Waals surface area contributed by atoms with Gasteiger partial charge in [0.05, 0.1) is 0 Å². The SMILES string of the molecule is CCCCCCCCCCCC(=O)NCCCC[C]=O. The lowest BCUT2D eigenvalue weighted by molar-refractivity contribution is -0.121. The van der Waals surface area contributed by atoms with Gasteiger partial charge in [-0.2, -0.15) is 0 Å². The van der Waals surface area contributed by atoms with Gasteiger partial charge in [-0.3, -0.25) is 9.59 Å². The smallest absolute Gasteiger partial charge is 0.219 e. The van der Waals surface area contributed by atoms with Crippen molar-refractivity contribution in [1.29, 1.82) is 0 Å². The summed E-state index contributed by atoms with van der Waals surface area (Å²) in [6, 6.07) is 0. The summed E-state index contributed by atoms with van der Waals surface area (Å²) in [5.74, 6) is 0.156. The van der Waals surface area contributed by atoms with Crippen LogP contribution in [-0.4, -0.2) is 18.7 Å². The number of rotatable bonds is 15. The summed E-state index contributed by atoms with van der Waals surface area (Å²) in [5.41, 5.74) is 0. The zero-order valence-corrected chi connectivity index (χ0v) is 13.2. The highest BCUT2D eigenvalue weighted by Gasteiger charge is 2.00. The molecule has 0 aromatic heterocycles. The molecule has 0 saturated carbocycles. The van der Waals surface area contributed by atoms with Crippen LogP contribution in [0.5, 0.6) is 0 Å². The first-order chi connectivity index (χ1) is 9.81. The minimum atomic E-state index is 0.156. The Balaban J connectivity index is 3.13. The van der Waals surface area contributed by atoms with E-state index in [9.17, 15) is 9.59 Å². The molecule has 1 N–H and O–H groups in total. The van der Waals surface area contributed by atoms with Gasteiger partial charge in [-0.05, 0) is 19.3 Å². The summed E-state index contributed by atoms with van der Waals surface area (Å²) in [6.45, 7) is 2.93. The summed E-state index contributed by atoms with van der Waals surface area (Å²) in [7, 11) is 0. The first kappa shape index (κ1) is 19.1. The van der Waals surface area contributed by atoms with Crippen LogP contribution in [0, 0.1) is 0 Å². The van der Waals surface area contributed by atoms with Crippen LogP contribution in [0.25, 0.3) is 0 Å². The Kier molecular flexibility index (Phi) is 15.5. The summed E-state index contributed by atoms with van der Waals surface area (Å²) in [5, 5.41) is 2.90. The van der Waals surface area contributed by atoms with Crippen LogP contribution in [-0.2, 0) is 9.59 Å². The molecule has 0 bridgehead atoms. The summed E-state index contributed by atoms with van der Waals surface area (Å²) in [6.07, 6.45) is 16.2. The van der Waals surface area contributed by atoms with E-state index in [4.69, 9.17) is 0 Å². The van der Waals surface area contributed by atoms with Gasteiger partial charge in [0.15, 0.2) is 6.29 Å². The molecule has 0 aliphatic carbocycles. The lowest BCUT2D eigenvalue weighted by atomic mass is 10.1. The van der Waals surface area contributed by atoms with Gasteiger partial charge in [-0.1, -0.05) is 58.3 Å². The van der Waals surface area contributed by atoms with Crippen molar-refractivity contribution in [1.82, 2.24) is 5.32 Å². The molecule has 0 fully saturated rings. The maximum atomic E-state index is 11.5. The minimum Gasteiger partial charge on any atom is -0.356 e. The van der Waals surface area contributed by atoms with Crippen LogP contribution in [0.1, 0.15) is 90.4 Å². The van der Waals surface area contributed by atoms with E-state index in [2.05, 4.69) is 12.2 Å². The average Bonchev–Trinajstić information content (AvgIpc) is 2.45. The second kappa shape index (κ2) is 16.2. The molecule has 0 rings (SSSR count). The minimum absolute atomic E-state index is 0.156. The number of amides is 1. The Labute approximate surface area is 124 Å². The Morgan fingerprint density at radius 1 is 0.850 bits per heavy atom. The van der Waals surface area contributed by atoms with Gasteiger partial charge in [0.1, 0.15) is 0 Å². The molecule has 0 saturated heterocycles. The van der Waals surface area contributed by atoms with Crippen molar-refractivity contribution in [2.75, 3.05) is 6.54 Å². The molecule has 0 atom stereocenters. The molecule has 0 unspecified atom stereocenters. The van der Waals surface area contributed by atoms with Crippen LogP contribution in [0.3, 0.4) is 0 Å². The lowest BCUT2D eigenvalue weighted by Crippen LogP contribution is -2.23. The molecule has 1 radical (unpaired) electrons. The van der Waals surface area contributed by atoms with Gasteiger partial charge in [-0.15, -0.1) is 0 Å². The molecule has 117 valence electrons. The number of carbonyl (C=O) groups excluding carboxylic acids is 2. The number of unbranched alkanes of at least 4 members (excludes halogenated alkanes) is 10. The maximum Gasteiger partial charge on any atom is 0.219 e. The van der Waals surface area contributed by atoms with E-state index in [0.717, 1.165) is 19.3 Å². The maximum absolute atomic E-state index is 11.5. The molecule has 0 heterocycles. The highest BCUT2D eigenvalue weighted by molar-refractivity contribution is 5.75. The highest BCUT2D eigenvalue weighted by Crippen LogP contribution is 2.10. The first-order valence-electron chi connectivity index (χ1n) is 8.43. The van der Waals surface area contributed by atoms with E-state index in [-0.39, 0.29) is 5.91 Å². The number of hydrogen-bond donors (Lipinski definition) is 1. The quantitative estimate of drug-likeness (QED) is 0.455.